The molecular weight excluding hydrogens is 326 g/mol. The van der Waals surface area contributed by atoms with Crippen molar-refractivity contribution in [2.75, 3.05) is 11.9 Å². The average molecular weight is 337 g/mol. The summed E-state index contributed by atoms with van der Waals surface area (Å²) in [5.41, 5.74) is 1.14. The van der Waals surface area contributed by atoms with Crippen molar-refractivity contribution in [3.05, 3.63) is 48.9 Å². The number of aromatic nitrogens is 6. The van der Waals surface area contributed by atoms with E-state index >= 15 is 0 Å². The molecule has 0 atom stereocenters. The zero-order valence-electron chi connectivity index (χ0n) is 12.7. The van der Waals surface area contributed by atoms with Crippen molar-refractivity contribution >= 4 is 22.8 Å². The Morgan fingerprint density at radius 2 is 2.12 bits per heavy atom. The molecule has 0 aliphatic heterocycles. The summed E-state index contributed by atoms with van der Waals surface area (Å²) >= 11 is 0. The Morgan fingerprint density at radius 1 is 1.24 bits per heavy atom. The van der Waals surface area contributed by atoms with Gasteiger partial charge in [-0.2, -0.15) is 0 Å². The normalized spacial score (nSPS) is 10.7. The molecule has 1 aromatic carbocycles. The van der Waals surface area contributed by atoms with Crippen LogP contribution >= 0.6 is 0 Å². The SMILES string of the molecule is O=C(COc1ccc(-n2cnnn2)cc1)Nc1noc2ncccc12. The Morgan fingerprint density at radius 3 is 2.92 bits per heavy atom. The van der Waals surface area contributed by atoms with Crippen LogP contribution < -0.4 is 10.1 Å². The Kier molecular flexibility index (Phi) is 3.75. The van der Waals surface area contributed by atoms with Crippen molar-refractivity contribution in [3.8, 4) is 11.4 Å². The Hall–Kier alpha value is -3.82. The first-order valence-corrected chi connectivity index (χ1v) is 7.26. The van der Waals surface area contributed by atoms with Crippen LogP contribution in [-0.2, 0) is 4.79 Å². The second-order valence-corrected chi connectivity index (χ2v) is 4.97. The monoisotopic (exact) mass is 337 g/mol. The molecule has 124 valence electrons. The van der Waals surface area contributed by atoms with Crippen molar-refractivity contribution in [2.24, 2.45) is 0 Å². The van der Waals surface area contributed by atoms with E-state index in [4.69, 9.17) is 9.26 Å². The standard InChI is InChI=1S/C15H11N7O3/c23-13(18-14-12-2-1-7-16-15(12)25-19-14)8-24-11-5-3-10(4-6-11)22-9-17-20-21-22/h1-7,9H,8H2,(H,18,19,23). The summed E-state index contributed by atoms with van der Waals surface area (Å²) in [6, 6.07) is 10.5. The molecule has 3 aromatic heterocycles. The fourth-order valence-corrected chi connectivity index (χ4v) is 2.16. The lowest BCUT2D eigenvalue weighted by Gasteiger charge is -2.06. The quantitative estimate of drug-likeness (QED) is 0.577. The van der Waals surface area contributed by atoms with E-state index in [0.717, 1.165) is 5.69 Å². The number of hydrogen-bond donors (Lipinski definition) is 1. The van der Waals surface area contributed by atoms with Gasteiger partial charge in [-0.15, -0.1) is 5.10 Å². The molecule has 4 aromatic rings. The molecule has 0 radical (unpaired) electrons. The van der Waals surface area contributed by atoms with Gasteiger partial charge < -0.3 is 14.6 Å². The second kappa shape index (κ2) is 6.35. The highest BCUT2D eigenvalue weighted by atomic mass is 16.5. The van der Waals surface area contributed by atoms with Gasteiger partial charge in [-0.3, -0.25) is 4.79 Å². The lowest BCUT2D eigenvalue weighted by atomic mass is 10.3. The van der Waals surface area contributed by atoms with Crippen LogP contribution in [0, 0.1) is 0 Å². The van der Waals surface area contributed by atoms with Crippen molar-refractivity contribution in [1.82, 2.24) is 30.3 Å². The van der Waals surface area contributed by atoms with E-state index in [-0.39, 0.29) is 12.5 Å². The van der Waals surface area contributed by atoms with Gasteiger partial charge in [0.25, 0.3) is 11.6 Å². The van der Waals surface area contributed by atoms with Crippen LogP contribution in [-0.4, -0.2) is 42.9 Å². The number of tetrazole rings is 1. The van der Waals surface area contributed by atoms with Crippen LogP contribution in [0.15, 0.2) is 53.4 Å². The lowest BCUT2D eigenvalue weighted by molar-refractivity contribution is -0.118. The Balaban J connectivity index is 1.37. The molecular formula is C15H11N7O3. The highest BCUT2D eigenvalue weighted by molar-refractivity contribution is 5.98. The number of rotatable bonds is 5. The van der Waals surface area contributed by atoms with Gasteiger partial charge in [0.2, 0.25) is 0 Å². The molecule has 0 saturated carbocycles. The maximum atomic E-state index is 12.0. The molecule has 0 unspecified atom stereocenters. The highest BCUT2D eigenvalue weighted by Crippen LogP contribution is 2.20. The molecule has 10 nitrogen and oxygen atoms in total. The third kappa shape index (κ3) is 3.13. The molecule has 1 amide bonds. The first-order valence-electron chi connectivity index (χ1n) is 7.26. The van der Waals surface area contributed by atoms with E-state index in [1.807, 2.05) is 0 Å². The highest BCUT2D eigenvalue weighted by Gasteiger charge is 2.12. The van der Waals surface area contributed by atoms with E-state index in [1.54, 1.807) is 42.6 Å². The fraction of sp³-hybridized carbons (Fsp3) is 0.0667. The largest absolute Gasteiger partial charge is 0.484 e. The van der Waals surface area contributed by atoms with Gasteiger partial charge in [-0.25, -0.2) is 9.67 Å². The van der Waals surface area contributed by atoms with Crippen molar-refractivity contribution in [3.63, 3.8) is 0 Å². The van der Waals surface area contributed by atoms with Crippen LogP contribution in [0.1, 0.15) is 0 Å². The third-order valence-corrected chi connectivity index (χ3v) is 3.33. The minimum absolute atomic E-state index is 0.168. The number of nitrogens with zero attached hydrogens (tertiary/aromatic N) is 6. The van der Waals surface area contributed by atoms with Gasteiger partial charge in [0.15, 0.2) is 12.4 Å². The smallest absolute Gasteiger partial charge is 0.263 e. The maximum Gasteiger partial charge on any atom is 0.263 e. The van der Waals surface area contributed by atoms with E-state index in [1.165, 1.54) is 11.0 Å². The molecule has 0 saturated heterocycles. The van der Waals surface area contributed by atoms with Crippen molar-refractivity contribution < 1.29 is 14.1 Å². The van der Waals surface area contributed by atoms with Gasteiger partial charge >= 0.3 is 0 Å². The second-order valence-electron chi connectivity index (χ2n) is 4.97. The first-order chi connectivity index (χ1) is 12.3. The average Bonchev–Trinajstić information content (AvgIpc) is 3.31. The summed E-state index contributed by atoms with van der Waals surface area (Å²) in [5, 5.41) is 18.0. The van der Waals surface area contributed by atoms with Gasteiger partial charge in [0.1, 0.15) is 12.1 Å². The van der Waals surface area contributed by atoms with Gasteiger partial charge in [0, 0.05) is 6.20 Å². The van der Waals surface area contributed by atoms with E-state index in [2.05, 4.69) is 31.0 Å². The summed E-state index contributed by atoms with van der Waals surface area (Å²) < 4.78 is 12.0. The van der Waals surface area contributed by atoms with Crippen LogP contribution in [0.5, 0.6) is 5.75 Å². The lowest BCUT2D eigenvalue weighted by Crippen LogP contribution is -2.20. The van der Waals surface area contributed by atoms with E-state index in [0.29, 0.717) is 22.7 Å². The van der Waals surface area contributed by atoms with E-state index < -0.39 is 0 Å². The van der Waals surface area contributed by atoms with Crippen molar-refractivity contribution in [2.45, 2.75) is 0 Å². The zero-order valence-corrected chi connectivity index (χ0v) is 12.7. The van der Waals surface area contributed by atoms with Crippen LogP contribution in [0.4, 0.5) is 5.82 Å². The molecule has 0 bridgehead atoms. The topological polar surface area (TPSA) is 121 Å². The summed E-state index contributed by atoms with van der Waals surface area (Å²) in [6.07, 6.45) is 3.07. The van der Waals surface area contributed by atoms with Crippen LogP contribution in [0.3, 0.4) is 0 Å². The minimum atomic E-state index is -0.358. The Labute approximate surface area is 140 Å². The number of fused-ring (bicyclic) bond motifs is 1. The number of carbonyl (C=O) groups is 1. The maximum absolute atomic E-state index is 12.0. The van der Waals surface area contributed by atoms with Gasteiger partial charge in [-0.05, 0) is 46.8 Å². The molecule has 0 aliphatic carbocycles. The number of anilines is 1. The molecule has 3 heterocycles. The molecule has 4 rings (SSSR count). The minimum Gasteiger partial charge on any atom is -0.484 e. The van der Waals surface area contributed by atoms with Crippen molar-refractivity contribution in [1.29, 1.82) is 0 Å². The molecule has 0 spiro atoms. The number of hydrogen-bond acceptors (Lipinski definition) is 8. The molecule has 1 N–H and O–H groups in total. The fourth-order valence-electron chi connectivity index (χ4n) is 2.16. The molecule has 0 aliphatic rings. The van der Waals surface area contributed by atoms with E-state index in [9.17, 15) is 4.79 Å². The third-order valence-electron chi connectivity index (χ3n) is 3.33. The summed E-state index contributed by atoms with van der Waals surface area (Å²) in [5.74, 6) is 0.494. The van der Waals surface area contributed by atoms with Gasteiger partial charge in [0.05, 0.1) is 11.1 Å². The number of pyridine rings is 1. The molecule has 0 fully saturated rings. The number of benzene rings is 1. The molecule has 10 heteroatoms. The van der Waals surface area contributed by atoms with Gasteiger partial charge in [-0.1, -0.05) is 5.16 Å². The predicted molar refractivity (Wildman–Crippen MR) is 85.1 cm³/mol. The van der Waals surface area contributed by atoms with Crippen LogP contribution in [0.2, 0.25) is 0 Å². The number of carbonyl (C=O) groups excluding carboxylic acids is 1. The molecule has 25 heavy (non-hydrogen) atoms. The van der Waals surface area contributed by atoms with Crippen LogP contribution in [0.25, 0.3) is 16.8 Å². The number of nitrogens with one attached hydrogen (secondary N) is 1. The number of ether oxygens (including phenoxy) is 1. The summed E-state index contributed by atoms with van der Waals surface area (Å²) in [6.45, 7) is -0.168. The summed E-state index contributed by atoms with van der Waals surface area (Å²) in [7, 11) is 0. The first kappa shape index (κ1) is 14.8. The predicted octanol–water partition coefficient (Wildman–Crippen LogP) is 1.22. The summed E-state index contributed by atoms with van der Waals surface area (Å²) in [4.78, 5) is 16.0. The number of amides is 1. The zero-order chi connectivity index (χ0) is 17.1. The Bertz CT molecular complexity index is 996.